The third-order valence-corrected chi connectivity index (χ3v) is 6.60. The predicted octanol–water partition coefficient (Wildman–Crippen LogP) is 2.72. The van der Waals surface area contributed by atoms with Crippen LogP contribution in [0, 0.1) is 31.6 Å². The number of hydrogen-bond acceptors (Lipinski definition) is 5. The second-order valence-corrected chi connectivity index (χ2v) is 8.39. The van der Waals surface area contributed by atoms with Crippen molar-refractivity contribution in [2.24, 2.45) is 30.5 Å². The number of imidazole rings is 1. The topological polar surface area (TPSA) is 115 Å². The Morgan fingerprint density at radius 1 is 1.34 bits per heavy atom. The van der Waals surface area contributed by atoms with E-state index in [0.29, 0.717) is 27.7 Å². The number of rotatable bonds is 4. The van der Waals surface area contributed by atoms with E-state index in [9.17, 15) is 4.79 Å². The number of aromatic nitrogens is 5. The highest BCUT2D eigenvalue weighted by Crippen LogP contribution is 2.46. The first-order chi connectivity index (χ1) is 13.8. The molecule has 3 aromatic rings. The van der Waals surface area contributed by atoms with Crippen molar-refractivity contribution in [3.8, 4) is 11.4 Å². The van der Waals surface area contributed by atoms with Crippen molar-refractivity contribution in [1.82, 2.24) is 24.7 Å². The Morgan fingerprint density at radius 2 is 2.10 bits per heavy atom. The van der Waals surface area contributed by atoms with E-state index in [1.165, 1.54) is 0 Å². The molecule has 150 valence electrons. The second-order valence-electron chi connectivity index (χ2n) is 7.98. The summed E-state index contributed by atoms with van der Waals surface area (Å²) in [5.41, 5.74) is 10.5. The molecule has 0 saturated heterocycles. The van der Waals surface area contributed by atoms with Gasteiger partial charge in [0.1, 0.15) is 11.3 Å². The smallest absolute Gasteiger partial charge is 0.223 e. The normalized spacial score (nSPS) is 25.2. The fraction of sp³-hybridized carbons (Fsp3) is 0.400. The number of carbonyl (C=O) groups excluding carboxylic acids is 1. The van der Waals surface area contributed by atoms with Crippen molar-refractivity contribution < 1.29 is 4.79 Å². The van der Waals surface area contributed by atoms with Crippen LogP contribution < -0.4 is 11.1 Å². The summed E-state index contributed by atoms with van der Waals surface area (Å²) >= 11 is 6.50. The first kappa shape index (κ1) is 18.2. The number of primary amides is 1. The number of anilines is 1. The van der Waals surface area contributed by atoms with Crippen LogP contribution in [-0.4, -0.2) is 36.7 Å². The van der Waals surface area contributed by atoms with E-state index in [2.05, 4.69) is 32.5 Å². The summed E-state index contributed by atoms with van der Waals surface area (Å²) in [6.07, 6.45) is 6.78. The van der Waals surface area contributed by atoms with Gasteiger partial charge in [-0.2, -0.15) is 5.10 Å². The number of H-pyrrole nitrogens is 1. The number of allylic oxidation sites excluding steroid dienone is 1. The van der Waals surface area contributed by atoms with Gasteiger partial charge in [-0.15, -0.1) is 0 Å². The number of hydrogen-bond donors (Lipinski definition) is 3. The van der Waals surface area contributed by atoms with Gasteiger partial charge in [0.05, 0.1) is 34.1 Å². The zero-order chi connectivity index (χ0) is 20.4. The van der Waals surface area contributed by atoms with Crippen LogP contribution in [0.1, 0.15) is 17.8 Å². The van der Waals surface area contributed by atoms with Crippen molar-refractivity contribution in [2.45, 2.75) is 26.3 Å². The number of carbonyl (C=O) groups is 1. The molecule has 0 aromatic carbocycles. The molecule has 1 amide bonds. The molecule has 5 rings (SSSR count). The largest absolute Gasteiger partial charge is 0.378 e. The van der Waals surface area contributed by atoms with Gasteiger partial charge >= 0.3 is 0 Å². The third kappa shape index (κ3) is 2.66. The number of pyridine rings is 1. The second kappa shape index (κ2) is 6.32. The summed E-state index contributed by atoms with van der Waals surface area (Å²) in [7, 11) is 1.91. The fourth-order valence-electron chi connectivity index (χ4n) is 4.88. The quantitative estimate of drug-likeness (QED) is 0.571. The van der Waals surface area contributed by atoms with Gasteiger partial charge in [0.15, 0.2) is 5.65 Å². The van der Waals surface area contributed by atoms with Crippen molar-refractivity contribution in [3.63, 3.8) is 0 Å². The molecule has 3 heterocycles. The zero-order valence-corrected chi connectivity index (χ0v) is 17.2. The van der Waals surface area contributed by atoms with E-state index in [1.54, 1.807) is 6.20 Å². The summed E-state index contributed by atoms with van der Waals surface area (Å²) < 4.78 is 1.83. The number of aromatic amines is 1. The van der Waals surface area contributed by atoms with Gasteiger partial charge in [0.2, 0.25) is 5.91 Å². The molecule has 0 spiro atoms. The van der Waals surface area contributed by atoms with Crippen LogP contribution in [0.15, 0.2) is 18.3 Å². The Morgan fingerprint density at radius 3 is 2.79 bits per heavy atom. The summed E-state index contributed by atoms with van der Waals surface area (Å²) in [6, 6.07) is -0.104. The summed E-state index contributed by atoms with van der Waals surface area (Å²) in [5, 5.41) is 8.42. The maximum Gasteiger partial charge on any atom is 0.223 e. The van der Waals surface area contributed by atoms with Gasteiger partial charge in [-0.3, -0.25) is 9.48 Å². The number of fused-ring (bicyclic) bond motifs is 3. The highest BCUT2D eigenvalue weighted by Gasteiger charge is 2.47. The standard InChI is InChI=1S/C20H22ClN7O/c1-8-13(9(2)28(3)27-8)19-25-17-16(12(21)7-23-20(17)26-19)24-15-11-5-4-10(6-11)14(15)18(22)29/h4-5,7,10-11,14-15H,6H2,1-3H3,(H2,22,29)(H2,23,24,25,26)/t10-,11+,14+,15-/m1/s1. The van der Waals surface area contributed by atoms with Crippen LogP contribution in [0.3, 0.4) is 0 Å². The molecular formula is C20H22ClN7O. The Balaban J connectivity index is 1.59. The Bertz CT molecular complexity index is 1180. The van der Waals surface area contributed by atoms with Gasteiger partial charge in [-0.1, -0.05) is 23.8 Å². The lowest BCUT2D eigenvalue weighted by atomic mass is 9.88. The molecule has 2 aliphatic carbocycles. The maximum absolute atomic E-state index is 12.1. The molecule has 0 unspecified atom stereocenters. The molecule has 1 fully saturated rings. The van der Waals surface area contributed by atoms with Crippen LogP contribution >= 0.6 is 11.6 Å². The molecule has 1 saturated carbocycles. The third-order valence-electron chi connectivity index (χ3n) is 6.31. The van der Waals surface area contributed by atoms with E-state index in [-0.39, 0.29) is 29.7 Å². The van der Waals surface area contributed by atoms with E-state index < -0.39 is 0 Å². The summed E-state index contributed by atoms with van der Waals surface area (Å²) in [6.45, 7) is 3.95. The summed E-state index contributed by atoms with van der Waals surface area (Å²) in [5.74, 6) is 0.579. The first-order valence-corrected chi connectivity index (χ1v) is 10.0. The minimum atomic E-state index is -0.287. The van der Waals surface area contributed by atoms with Crippen molar-refractivity contribution in [2.75, 3.05) is 5.32 Å². The molecule has 3 aromatic heterocycles. The molecule has 0 aliphatic heterocycles. The molecule has 8 nitrogen and oxygen atoms in total. The minimum absolute atomic E-state index is 0.104. The van der Waals surface area contributed by atoms with Crippen molar-refractivity contribution >= 4 is 34.4 Å². The predicted molar refractivity (Wildman–Crippen MR) is 111 cm³/mol. The van der Waals surface area contributed by atoms with Gasteiger partial charge in [-0.05, 0) is 32.1 Å². The first-order valence-electron chi connectivity index (χ1n) is 9.64. The molecule has 2 bridgehead atoms. The zero-order valence-electron chi connectivity index (χ0n) is 16.4. The molecule has 2 aliphatic rings. The van der Waals surface area contributed by atoms with E-state index >= 15 is 0 Å². The number of amides is 1. The molecule has 4 N–H and O–H groups in total. The lowest BCUT2D eigenvalue weighted by Crippen LogP contribution is -2.41. The summed E-state index contributed by atoms with van der Waals surface area (Å²) in [4.78, 5) is 24.6. The van der Waals surface area contributed by atoms with Crippen LogP contribution in [0.4, 0.5) is 5.69 Å². The van der Waals surface area contributed by atoms with E-state index in [4.69, 9.17) is 22.3 Å². The van der Waals surface area contributed by atoms with E-state index in [1.807, 2.05) is 25.6 Å². The SMILES string of the molecule is Cc1nn(C)c(C)c1-c1nc2c(N[C@H]3[C@@H](C(N)=O)[C@@H]4C=C[C@H]3C4)c(Cl)cnc2[nH]1. The van der Waals surface area contributed by atoms with E-state index in [0.717, 1.165) is 23.4 Å². The van der Waals surface area contributed by atoms with Crippen molar-refractivity contribution in [1.29, 1.82) is 0 Å². The average Bonchev–Trinajstić information content (AvgIpc) is 3.41. The molecule has 0 radical (unpaired) electrons. The lowest BCUT2D eigenvalue weighted by Gasteiger charge is -2.27. The Kier molecular flexibility index (Phi) is 3.96. The fourth-order valence-corrected chi connectivity index (χ4v) is 5.07. The molecule has 29 heavy (non-hydrogen) atoms. The Labute approximate surface area is 172 Å². The molecule has 9 heteroatoms. The van der Waals surface area contributed by atoms with Gasteiger partial charge in [0, 0.05) is 18.8 Å². The van der Waals surface area contributed by atoms with Crippen LogP contribution in [-0.2, 0) is 11.8 Å². The molecular weight excluding hydrogens is 390 g/mol. The van der Waals surface area contributed by atoms with Gasteiger partial charge < -0.3 is 16.0 Å². The van der Waals surface area contributed by atoms with Crippen molar-refractivity contribution in [3.05, 3.63) is 34.8 Å². The number of nitrogens with one attached hydrogen (secondary N) is 2. The number of aryl methyl sites for hydroxylation is 2. The lowest BCUT2D eigenvalue weighted by molar-refractivity contribution is -0.122. The van der Waals surface area contributed by atoms with Gasteiger partial charge in [0.25, 0.3) is 0 Å². The highest BCUT2D eigenvalue weighted by molar-refractivity contribution is 6.34. The highest BCUT2D eigenvalue weighted by atomic mass is 35.5. The molecule has 4 atom stereocenters. The minimum Gasteiger partial charge on any atom is -0.378 e. The maximum atomic E-state index is 12.1. The monoisotopic (exact) mass is 411 g/mol. The Hall–Kier alpha value is -2.87. The number of nitrogens with zero attached hydrogens (tertiary/aromatic N) is 4. The van der Waals surface area contributed by atoms with Crippen LogP contribution in [0.2, 0.25) is 5.02 Å². The average molecular weight is 412 g/mol. The number of nitrogens with two attached hydrogens (primary N) is 1. The number of halogens is 1. The van der Waals surface area contributed by atoms with Crippen LogP contribution in [0.25, 0.3) is 22.6 Å². The van der Waals surface area contributed by atoms with Crippen LogP contribution in [0.5, 0.6) is 0 Å². The van der Waals surface area contributed by atoms with Gasteiger partial charge in [-0.25, -0.2) is 9.97 Å².